The molecule has 0 aliphatic carbocycles. The van der Waals surface area contributed by atoms with Crippen LogP contribution < -0.4 is 0 Å². The average Bonchev–Trinajstić information content (AvgIpc) is 2.32. The molecule has 1 rings (SSSR count). The summed E-state index contributed by atoms with van der Waals surface area (Å²) in [7, 11) is 0. The van der Waals surface area contributed by atoms with Gasteiger partial charge in [-0.05, 0) is 26.0 Å². The molecule has 0 spiro atoms. The van der Waals surface area contributed by atoms with Crippen LogP contribution in [-0.4, -0.2) is 30.6 Å². The van der Waals surface area contributed by atoms with Gasteiger partial charge in [0.15, 0.2) is 0 Å². The summed E-state index contributed by atoms with van der Waals surface area (Å²) in [5.41, 5.74) is 0.607. The highest BCUT2D eigenvalue weighted by atomic mass is 19.1. The highest BCUT2D eigenvalue weighted by molar-refractivity contribution is 5.71. The van der Waals surface area contributed by atoms with Crippen molar-refractivity contribution in [3.8, 4) is 0 Å². The van der Waals surface area contributed by atoms with E-state index in [9.17, 15) is 9.18 Å². The predicted molar refractivity (Wildman–Crippen MR) is 68.6 cm³/mol. The number of halogens is 1. The summed E-state index contributed by atoms with van der Waals surface area (Å²) in [6.07, 6.45) is 0.911. The standard InChI is InChI=1S/C14H20FNO2/c1-3-9-16(11-14(17)18-4-2)10-12-7-5-6-8-13(12)15/h5-8H,3-4,9-11H2,1-2H3. The third-order valence-electron chi connectivity index (χ3n) is 2.55. The minimum Gasteiger partial charge on any atom is -0.465 e. The number of benzene rings is 1. The van der Waals surface area contributed by atoms with Crippen LogP contribution >= 0.6 is 0 Å². The Hall–Kier alpha value is -1.42. The first-order valence-corrected chi connectivity index (χ1v) is 6.28. The van der Waals surface area contributed by atoms with Crippen molar-refractivity contribution in [2.24, 2.45) is 0 Å². The molecule has 0 amide bonds. The van der Waals surface area contributed by atoms with Gasteiger partial charge < -0.3 is 4.74 Å². The molecule has 0 saturated carbocycles. The van der Waals surface area contributed by atoms with Crippen molar-refractivity contribution in [1.29, 1.82) is 0 Å². The third kappa shape index (κ3) is 4.84. The topological polar surface area (TPSA) is 29.5 Å². The fourth-order valence-electron chi connectivity index (χ4n) is 1.79. The third-order valence-corrected chi connectivity index (χ3v) is 2.55. The summed E-state index contributed by atoms with van der Waals surface area (Å²) < 4.78 is 18.4. The number of hydrogen-bond donors (Lipinski definition) is 0. The Morgan fingerprint density at radius 1 is 1.33 bits per heavy atom. The second-order valence-electron chi connectivity index (χ2n) is 4.11. The summed E-state index contributed by atoms with van der Waals surface area (Å²) in [6, 6.07) is 6.63. The first-order valence-electron chi connectivity index (χ1n) is 6.28. The highest BCUT2D eigenvalue weighted by Crippen LogP contribution is 2.10. The molecular formula is C14H20FNO2. The molecule has 1 aromatic carbocycles. The largest absolute Gasteiger partial charge is 0.465 e. The Bertz CT molecular complexity index is 382. The monoisotopic (exact) mass is 253 g/mol. The highest BCUT2D eigenvalue weighted by Gasteiger charge is 2.13. The molecule has 3 nitrogen and oxygen atoms in total. The Kier molecular flexibility index (Phi) is 6.36. The minimum atomic E-state index is -0.262. The van der Waals surface area contributed by atoms with Gasteiger partial charge in [0, 0.05) is 12.1 Å². The van der Waals surface area contributed by atoms with Gasteiger partial charge in [-0.25, -0.2) is 4.39 Å². The Balaban J connectivity index is 2.62. The van der Waals surface area contributed by atoms with E-state index in [0.717, 1.165) is 13.0 Å². The molecule has 0 unspecified atom stereocenters. The van der Waals surface area contributed by atoms with Crippen LogP contribution in [0.15, 0.2) is 24.3 Å². The normalized spacial score (nSPS) is 10.7. The second kappa shape index (κ2) is 7.82. The van der Waals surface area contributed by atoms with Crippen LogP contribution in [0.5, 0.6) is 0 Å². The Labute approximate surface area is 108 Å². The molecule has 0 radical (unpaired) electrons. The van der Waals surface area contributed by atoms with E-state index >= 15 is 0 Å². The molecule has 0 aliphatic heterocycles. The van der Waals surface area contributed by atoms with Crippen molar-refractivity contribution in [3.05, 3.63) is 35.6 Å². The predicted octanol–water partition coefficient (Wildman–Crippen LogP) is 2.60. The van der Waals surface area contributed by atoms with E-state index in [0.29, 0.717) is 18.7 Å². The number of carbonyl (C=O) groups is 1. The molecule has 0 saturated heterocycles. The van der Waals surface area contributed by atoms with E-state index in [1.54, 1.807) is 25.1 Å². The zero-order valence-electron chi connectivity index (χ0n) is 11.0. The molecule has 0 bridgehead atoms. The van der Waals surface area contributed by atoms with Gasteiger partial charge in [-0.15, -0.1) is 0 Å². The number of carbonyl (C=O) groups excluding carboxylic acids is 1. The van der Waals surface area contributed by atoms with Crippen LogP contribution in [-0.2, 0) is 16.1 Å². The number of rotatable bonds is 7. The fourth-order valence-corrected chi connectivity index (χ4v) is 1.79. The van der Waals surface area contributed by atoms with Gasteiger partial charge in [-0.2, -0.15) is 0 Å². The maximum Gasteiger partial charge on any atom is 0.320 e. The van der Waals surface area contributed by atoms with Gasteiger partial charge in [0.05, 0.1) is 13.2 Å². The summed E-state index contributed by atoms with van der Waals surface area (Å²) in [5, 5.41) is 0. The summed E-state index contributed by atoms with van der Waals surface area (Å²) in [6.45, 7) is 5.55. The maximum absolute atomic E-state index is 13.5. The summed E-state index contributed by atoms with van der Waals surface area (Å²) in [4.78, 5) is 13.3. The average molecular weight is 253 g/mol. The molecule has 100 valence electrons. The lowest BCUT2D eigenvalue weighted by Gasteiger charge is -2.20. The smallest absolute Gasteiger partial charge is 0.320 e. The van der Waals surface area contributed by atoms with E-state index in [1.165, 1.54) is 6.07 Å². The van der Waals surface area contributed by atoms with Crippen LogP contribution in [0, 0.1) is 5.82 Å². The van der Waals surface area contributed by atoms with Crippen molar-refractivity contribution in [2.75, 3.05) is 19.7 Å². The number of hydrogen-bond acceptors (Lipinski definition) is 3. The Morgan fingerprint density at radius 2 is 2.06 bits per heavy atom. The lowest BCUT2D eigenvalue weighted by molar-refractivity contribution is -0.144. The van der Waals surface area contributed by atoms with Crippen LogP contribution in [0.25, 0.3) is 0 Å². The van der Waals surface area contributed by atoms with E-state index in [1.807, 2.05) is 11.8 Å². The fraction of sp³-hybridized carbons (Fsp3) is 0.500. The van der Waals surface area contributed by atoms with E-state index < -0.39 is 0 Å². The summed E-state index contributed by atoms with van der Waals surface area (Å²) in [5.74, 6) is -0.496. The molecule has 0 aromatic heterocycles. The molecule has 0 atom stereocenters. The van der Waals surface area contributed by atoms with Gasteiger partial charge in [0.2, 0.25) is 0 Å². The van der Waals surface area contributed by atoms with Crippen molar-refractivity contribution >= 4 is 5.97 Å². The van der Waals surface area contributed by atoms with Crippen LogP contribution in [0.4, 0.5) is 4.39 Å². The van der Waals surface area contributed by atoms with Gasteiger partial charge in [-0.3, -0.25) is 9.69 Å². The number of esters is 1. The minimum absolute atomic E-state index is 0.204. The quantitative estimate of drug-likeness (QED) is 0.700. The van der Waals surface area contributed by atoms with Gasteiger partial charge in [0.1, 0.15) is 5.82 Å². The van der Waals surface area contributed by atoms with Gasteiger partial charge >= 0.3 is 5.97 Å². The first kappa shape index (κ1) is 14.6. The second-order valence-corrected chi connectivity index (χ2v) is 4.11. The number of ether oxygens (including phenoxy) is 1. The van der Waals surface area contributed by atoms with Crippen LogP contribution in [0.1, 0.15) is 25.8 Å². The molecule has 1 aromatic rings. The lowest BCUT2D eigenvalue weighted by Crippen LogP contribution is -2.31. The molecule has 0 fully saturated rings. The molecular weight excluding hydrogens is 233 g/mol. The van der Waals surface area contributed by atoms with E-state index in [2.05, 4.69) is 0 Å². The lowest BCUT2D eigenvalue weighted by atomic mass is 10.2. The zero-order valence-corrected chi connectivity index (χ0v) is 11.0. The molecule has 0 aliphatic rings. The van der Waals surface area contributed by atoms with Crippen molar-refractivity contribution < 1.29 is 13.9 Å². The first-order chi connectivity index (χ1) is 8.67. The van der Waals surface area contributed by atoms with Crippen LogP contribution in [0.3, 0.4) is 0 Å². The van der Waals surface area contributed by atoms with Gasteiger partial charge in [0.25, 0.3) is 0 Å². The van der Waals surface area contributed by atoms with Crippen LogP contribution in [0.2, 0.25) is 0 Å². The van der Waals surface area contributed by atoms with E-state index in [-0.39, 0.29) is 18.3 Å². The van der Waals surface area contributed by atoms with Gasteiger partial charge in [-0.1, -0.05) is 25.1 Å². The van der Waals surface area contributed by atoms with Crippen molar-refractivity contribution in [3.63, 3.8) is 0 Å². The van der Waals surface area contributed by atoms with E-state index in [4.69, 9.17) is 4.74 Å². The van der Waals surface area contributed by atoms with Crippen molar-refractivity contribution in [2.45, 2.75) is 26.8 Å². The molecule has 0 N–H and O–H groups in total. The summed E-state index contributed by atoms with van der Waals surface area (Å²) >= 11 is 0. The maximum atomic E-state index is 13.5. The molecule has 4 heteroatoms. The number of nitrogens with zero attached hydrogens (tertiary/aromatic N) is 1. The molecule has 0 heterocycles. The molecule has 18 heavy (non-hydrogen) atoms. The Morgan fingerprint density at radius 3 is 2.67 bits per heavy atom. The zero-order chi connectivity index (χ0) is 13.4. The van der Waals surface area contributed by atoms with Crippen molar-refractivity contribution in [1.82, 2.24) is 4.90 Å². The SMILES string of the molecule is CCCN(CC(=O)OCC)Cc1ccccc1F.